The third-order valence-electron chi connectivity index (χ3n) is 3.58. The molecule has 0 bridgehead atoms. The van der Waals surface area contributed by atoms with Gasteiger partial charge in [0.2, 0.25) is 0 Å². The maximum Gasteiger partial charge on any atom is 0.333 e. The largest absolute Gasteiger partial charge is 0.466 e. The van der Waals surface area contributed by atoms with Crippen LogP contribution < -0.4 is 16.2 Å². The topological polar surface area (TPSA) is 114 Å². The van der Waals surface area contributed by atoms with Gasteiger partial charge in [-0.05, 0) is 43.7 Å². The normalized spacial score (nSPS) is 10.4. The zero-order valence-electron chi connectivity index (χ0n) is 14.3. The third-order valence-corrected chi connectivity index (χ3v) is 3.58. The van der Waals surface area contributed by atoms with E-state index < -0.39 is 11.9 Å². The first kappa shape index (κ1) is 17.2. The van der Waals surface area contributed by atoms with Gasteiger partial charge in [0.05, 0.1) is 5.56 Å². The predicted octanol–water partition coefficient (Wildman–Crippen LogP) is 1.62. The van der Waals surface area contributed by atoms with E-state index in [1.165, 1.54) is 0 Å². The smallest absolute Gasteiger partial charge is 0.333 e. The van der Waals surface area contributed by atoms with Gasteiger partial charge in [-0.1, -0.05) is 0 Å². The summed E-state index contributed by atoms with van der Waals surface area (Å²) in [5.41, 5.74) is 5.86. The molecule has 0 spiro atoms. The number of hydrogen-bond acceptors (Lipinski definition) is 5. The van der Waals surface area contributed by atoms with Crippen molar-refractivity contribution in [1.29, 1.82) is 0 Å². The van der Waals surface area contributed by atoms with Crippen LogP contribution in [0.2, 0.25) is 0 Å². The summed E-state index contributed by atoms with van der Waals surface area (Å²) in [6.07, 6.45) is 5.07. The predicted molar refractivity (Wildman–Crippen MR) is 92.4 cm³/mol. The van der Waals surface area contributed by atoms with Crippen molar-refractivity contribution < 1.29 is 14.0 Å². The highest BCUT2D eigenvalue weighted by molar-refractivity contribution is 5.96. The van der Waals surface area contributed by atoms with Crippen LogP contribution in [0, 0.1) is 13.8 Å². The van der Waals surface area contributed by atoms with Crippen LogP contribution in [0.25, 0.3) is 5.82 Å². The van der Waals surface area contributed by atoms with Crippen LogP contribution in [-0.2, 0) is 6.54 Å². The number of carbonyl (C=O) groups is 2. The molecule has 9 heteroatoms. The van der Waals surface area contributed by atoms with Crippen LogP contribution in [0.3, 0.4) is 0 Å². The van der Waals surface area contributed by atoms with E-state index in [0.29, 0.717) is 22.9 Å². The minimum absolute atomic E-state index is 0.266. The zero-order valence-corrected chi connectivity index (χ0v) is 14.3. The Morgan fingerprint density at radius 2 is 2.04 bits per heavy atom. The maximum atomic E-state index is 12.0. The molecule has 0 saturated heterocycles. The molecule has 0 aliphatic carbocycles. The van der Waals surface area contributed by atoms with Gasteiger partial charge in [0.25, 0.3) is 5.91 Å². The first-order chi connectivity index (χ1) is 12.5. The Hall–Kier alpha value is -3.62. The van der Waals surface area contributed by atoms with Crippen molar-refractivity contribution in [3.63, 3.8) is 0 Å². The molecule has 0 radical (unpaired) electrons. The first-order valence-corrected chi connectivity index (χ1v) is 7.89. The Morgan fingerprint density at radius 1 is 1.19 bits per heavy atom. The van der Waals surface area contributed by atoms with Crippen LogP contribution in [0.1, 0.15) is 27.4 Å². The van der Waals surface area contributed by atoms with E-state index in [-0.39, 0.29) is 6.54 Å². The van der Waals surface area contributed by atoms with Crippen molar-refractivity contribution in [2.75, 3.05) is 0 Å². The summed E-state index contributed by atoms with van der Waals surface area (Å²) in [6.45, 7) is 3.70. The molecule has 26 heavy (non-hydrogen) atoms. The van der Waals surface area contributed by atoms with Crippen molar-refractivity contribution in [2.24, 2.45) is 0 Å². The average molecular weight is 354 g/mol. The van der Waals surface area contributed by atoms with Crippen molar-refractivity contribution >= 4 is 11.9 Å². The van der Waals surface area contributed by atoms with Crippen LogP contribution in [-0.4, -0.2) is 26.7 Å². The van der Waals surface area contributed by atoms with Crippen molar-refractivity contribution in [3.05, 3.63) is 65.5 Å². The van der Waals surface area contributed by atoms with E-state index in [1.807, 2.05) is 6.07 Å². The molecule has 0 atom stereocenters. The summed E-state index contributed by atoms with van der Waals surface area (Å²) in [5, 5.41) is 6.76. The van der Waals surface area contributed by atoms with Gasteiger partial charge in [0.1, 0.15) is 11.5 Å². The van der Waals surface area contributed by atoms with Gasteiger partial charge in [-0.2, -0.15) is 5.10 Å². The molecule has 3 rings (SSSR count). The van der Waals surface area contributed by atoms with Gasteiger partial charge in [-0.3, -0.25) is 10.2 Å². The SMILES string of the molecule is Cc1cc(C(=O)NNC(=O)NCc2ccnc(-n3cccn3)c2)c(C)o1. The van der Waals surface area contributed by atoms with E-state index in [9.17, 15) is 9.59 Å². The molecule has 0 saturated carbocycles. The van der Waals surface area contributed by atoms with Crippen LogP contribution in [0.5, 0.6) is 0 Å². The molecule has 0 aliphatic heterocycles. The van der Waals surface area contributed by atoms with Crippen molar-refractivity contribution in [2.45, 2.75) is 20.4 Å². The minimum Gasteiger partial charge on any atom is -0.466 e. The lowest BCUT2D eigenvalue weighted by atomic mass is 10.2. The molecular weight excluding hydrogens is 336 g/mol. The van der Waals surface area contributed by atoms with E-state index in [2.05, 4.69) is 26.3 Å². The molecule has 3 heterocycles. The monoisotopic (exact) mass is 354 g/mol. The Bertz CT molecular complexity index is 916. The first-order valence-electron chi connectivity index (χ1n) is 7.89. The fourth-order valence-electron chi connectivity index (χ4n) is 2.36. The Balaban J connectivity index is 1.51. The molecule has 0 unspecified atom stereocenters. The third kappa shape index (κ3) is 4.07. The number of aromatic nitrogens is 3. The number of urea groups is 1. The lowest BCUT2D eigenvalue weighted by Crippen LogP contribution is -2.46. The lowest BCUT2D eigenvalue weighted by Gasteiger charge is -2.09. The Morgan fingerprint density at radius 3 is 2.73 bits per heavy atom. The van der Waals surface area contributed by atoms with E-state index in [4.69, 9.17) is 4.42 Å². The minimum atomic E-state index is -0.534. The van der Waals surface area contributed by atoms with Gasteiger partial charge in [0.15, 0.2) is 5.82 Å². The van der Waals surface area contributed by atoms with Crippen LogP contribution in [0.15, 0.2) is 47.3 Å². The molecule has 0 aromatic carbocycles. The summed E-state index contributed by atoms with van der Waals surface area (Å²) in [4.78, 5) is 28.1. The van der Waals surface area contributed by atoms with E-state index >= 15 is 0 Å². The molecule has 3 amide bonds. The maximum absolute atomic E-state index is 12.0. The second kappa shape index (κ2) is 7.51. The fraction of sp³-hybridized carbons (Fsp3) is 0.176. The summed E-state index contributed by atoms with van der Waals surface area (Å²) in [6, 6.07) is 6.46. The highest BCUT2D eigenvalue weighted by Gasteiger charge is 2.14. The number of rotatable bonds is 4. The number of amides is 3. The number of furan rings is 1. The number of hydrazine groups is 1. The molecule has 3 aromatic heterocycles. The van der Waals surface area contributed by atoms with Crippen LogP contribution >= 0.6 is 0 Å². The van der Waals surface area contributed by atoms with Crippen LogP contribution in [0.4, 0.5) is 4.79 Å². The standard InChI is InChI=1S/C17H18N6O3/c1-11-8-14(12(2)26-11)16(24)21-22-17(25)19-10-13-4-6-18-15(9-13)23-7-3-5-20-23/h3-9H,10H2,1-2H3,(H,21,24)(H2,19,22,25). The molecule has 3 N–H and O–H groups in total. The molecular formula is C17H18N6O3. The quantitative estimate of drug-likeness (QED) is 0.616. The number of aryl methyl sites for hydroxylation is 2. The molecule has 3 aromatic rings. The number of hydrogen-bond donors (Lipinski definition) is 3. The van der Waals surface area contributed by atoms with E-state index in [1.54, 1.807) is 55.3 Å². The second-order valence-electron chi connectivity index (χ2n) is 5.56. The molecule has 0 fully saturated rings. The Labute approximate surface area is 149 Å². The number of pyridine rings is 1. The van der Waals surface area contributed by atoms with E-state index in [0.717, 1.165) is 5.56 Å². The highest BCUT2D eigenvalue weighted by Crippen LogP contribution is 2.12. The summed E-state index contributed by atoms with van der Waals surface area (Å²) in [5.74, 6) is 1.32. The Kier molecular flexibility index (Phi) is 4.97. The number of nitrogens with one attached hydrogen (secondary N) is 3. The highest BCUT2D eigenvalue weighted by atomic mass is 16.3. The number of carbonyl (C=O) groups excluding carboxylic acids is 2. The molecule has 9 nitrogen and oxygen atoms in total. The summed E-state index contributed by atoms with van der Waals surface area (Å²) < 4.78 is 6.91. The molecule has 134 valence electrons. The van der Waals surface area contributed by atoms with Gasteiger partial charge in [-0.25, -0.2) is 19.9 Å². The average Bonchev–Trinajstić information content (AvgIpc) is 3.28. The summed E-state index contributed by atoms with van der Waals surface area (Å²) in [7, 11) is 0. The van der Waals surface area contributed by atoms with Gasteiger partial charge >= 0.3 is 6.03 Å². The fourth-order valence-corrected chi connectivity index (χ4v) is 2.36. The second-order valence-corrected chi connectivity index (χ2v) is 5.56. The molecule has 0 aliphatic rings. The zero-order chi connectivity index (χ0) is 18.5. The van der Waals surface area contributed by atoms with Gasteiger partial charge in [0, 0.05) is 25.1 Å². The lowest BCUT2D eigenvalue weighted by molar-refractivity contribution is 0.0934. The number of nitrogens with zero attached hydrogens (tertiary/aromatic N) is 3. The van der Waals surface area contributed by atoms with Crippen molar-refractivity contribution in [1.82, 2.24) is 30.9 Å². The van der Waals surface area contributed by atoms with Crippen molar-refractivity contribution in [3.8, 4) is 5.82 Å². The van der Waals surface area contributed by atoms with Gasteiger partial charge < -0.3 is 9.73 Å². The van der Waals surface area contributed by atoms with Gasteiger partial charge in [-0.15, -0.1) is 0 Å². The summed E-state index contributed by atoms with van der Waals surface area (Å²) >= 11 is 0.